The molecular weight excluding hydrogens is 276 g/mol. The summed E-state index contributed by atoms with van der Waals surface area (Å²) in [5, 5.41) is 3.73. The van der Waals surface area contributed by atoms with Crippen LogP contribution in [0.25, 0.3) is 0 Å². The summed E-state index contributed by atoms with van der Waals surface area (Å²) in [5.41, 5.74) is 1.85. The van der Waals surface area contributed by atoms with Gasteiger partial charge in [0, 0.05) is 24.7 Å². The average molecular weight is 291 g/mol. The summed E-state index contributed by atoms with van der Waals surface area (Å²) in [6.45, 7) is 1.98. The highest BCUT2D eigenvalue weighted by Crippen LogP contribution is 2.33. The van der Waals surface area contributed by atoms with Gasteiger partial charge < -0.3 is 14.8 Å². The molecule has 2 aromatic rings. The Balaban J connectivity index is 1.80. The Morgan fingerprint density at radius 2 is 2.05 bits per heavy atom. The molecule has 3 rings (SSSR count). The summed E-state index contributed by atoms with van der Waals surface area (Å²) in [4.78, 5) is 4.04. The van der Waals surface area contributed by atoms with E-state index in [9.17, 15) is 0 Å². The lowest BCUT2D eigenvalue weighted by Gasteiger charge is -2.13. The van der Waals surface area contributed by atoms with Gasteiger partial charge in [-0.05, 0) is 18.2 Å². The van der Waals surface area contributed by atoms with E-state index in [4.69, 9.17) is 21.1 Å². The number of hydrogen-bond donors (Lipinski definition) is 1. The predicted octanol–water partition coefficient (Wildman–Crippen LogP) is 3.51. The maximum atomic E-state index is 6.03. The number of ether oxygens (including phenoxy) is 2. The minimum atomic E-state index is 0.465. The minimum Gasteiger partial charge on any atom is -0.490 e. The van der Waals surface area contributed by atoms with Gasteiger partial charge in [-0.25, -0.2) is 4.98 Å². The highest BCUT2D eigenvalue weighted by Gasteiger charge is 2.14. The highest BCUT2D eigenvalue weighted by atomic mass is 35.5. The number of pyridine rings is 1. The number of halogens is 1. The molecule has 0 unspecified atom stereocenters. The van der Waals surface area contributed by atoms with E-state index in [-0.39, 0.29) is 0 Å². The number of aromatic nitrogens is 1. The van der Waals surface area contributed by atoms with Gasteiger partial charge in [0.15, 0.2) is 16.7 Å². The summed E-state index contributed by atoms with van der Waals surface area (Å²) in [5.74, 6) is 1.62. The van der Waals surface area contributed by atoms with Crippen molar-refractivity contribution in [2.75, 3.05) is 18.5 Å². The first-order valence-electron chi connectivity index (χ1n) is 6.56. The number of para-hydroxylation sites is 1. The van der Waals surface area contributed by atoms with E-state index >= 15 is 0 Å². The smallest absolute Gasteiger partial charge is 0.166 e. The van der Waals surface area contributed by atoms with Crippen molar-refractivity contribution in [2.24, 2.45) is 0 Å². The van der Waals surface area contributed by atoms with Crippen LogP contribution in [0.5, 0.6) is 11.5 Å². The molecule has 0 fully saturated rings. The Bertz CT molecular complexity index is 604. The summed E-state index contributed by atoms with van der Waals surface area (Å²) < 4.78 is 11.5. The molecular formula is C15H15ClN2O2. The largest absolute Gasteiger partial charge is 0.490 e. The van der Waals surface area contributed by atoms with Crippen LogP contribution in [0, 0.1) is 0 Å². The Kier molecular flexibility index (Phi) is 3.92. The van der Waals surface area contributed by atoms with Gasteiger partial charge in [-0.2, -0.15) is 0 Å². The number of nitrogens with one attached hydrogen (secondary N) is 1. The van der Waals surface area contributed by atoms with Crippen LogP contribution in [0.2, 0.25) is 5.15 Å². The van der Waals surface area contributed by atoms with E-state index in [0.29, 0.717) is 24.9 Å². The van der Waals surface area contributed by atoms with Crippen molar-refractivity contribution < 1.29 is 9.47 Å². The molecule has 0 atom stereocenters. The Hall–Kier alpha value is -1.94. The second-order valence-electron chi connectivity index (χ2n) is 4.49. The third kappa shape index (κ3) is 2.80. The number of anilines is 1. The zero-order chi connectivity index (χ0) is 13.8. The van der Waals surface area contributed by atoms with Crippen LogP contribution in [0.3, 0.4) is 0 Å². The van der Waals surface area contributed by atoms with E-state index in [2.05, 4.69) is 10.3 Å². The molecule has 0 bridgehead atoms. The van der Waals surface area contributed by atoms with Gasteiger partial charge in [-0.3, -0.25) is 0 Å². The lowest BCUT2D eigenvalue weighted by Crippen LogP contribution is -2.04. The molecule has 4 nitrogen and oxygen atoms in total. The second-order valence-corrected chi connectivity index (χ2v) is 4.85. The van der Waals surface area contributed by atoms with Gasteiger partial charge >= 0.3 is 0 Å². The maximum absolute atomic E-state index is 6.03. The molecule has 1 aromatic heterocycles. The van der Waals surface area contributed by atoms with Crippen LogP contribution in [0.1, 0.15) is 12.0 Å². The van der Waals surface area contributed by atoms with Crippen molar-refractivity contribution in [3.05, 3.63) is 47.2 Å². The van der Waals surface area contributed by atoms with Gasteiger partial charge in [-0.1, -0.05) is 23.7 Å². The molecule has 104 valence electrons. The van der Waals surface area contributed by atoms with Crippen LogP contribution >= 0.6 is 11.6 Å². The zero-order valence-corrected chi connectivity index (χ0v) is 11.7. The van der Waals surface area contributed by atoms with Crippen LogP contribution < -0.4 is 14.8 Å². The summed E-state index contributed by atoms with van der Waals surface area (Å²) in [6.07, 6.45) is 2.56. The summed E-state index contributed by atoms with van der Waals surface area (Å²) >= 11 is 6.03. The number of benzene rings is 1. The molecule has 1 aliphatic rings. The quantitative estimate of drug-likeness (QED) is 0.879. The SMILES string of the molecule is Clc1ncccc1NCc1cccc2c1OCCCO2. The van der Waals surface area contributed by atoms with E-state index in [1.165, 1.54) is 0 Å². The van der Waals surface area contributed by atoms with Crippen molar-refractivity contribution in [3.8, 4) is 11.5 Å². The maximum Gasteiger partial charge on any atom is 0.166 e. The first-order valence-corrected chi connectivity index (χ1v) is 6.94. The molecule has 20 heavy (non-hydrogen) atoms. The Morgan fingerprint density at radius 1 is 1.15 bits per heavy atom. The van der Waals surface area contributed by atoms with Crippen LogP contribution in [0.15, 0.2) is 36.5 Å². The van der Waals surface area contributed by atoms with Gasteiger partial charge in [-0.15, -0.1) is 0 Å². The average Bonchev–Trinajstić information content (AvgIpc) is 2.72. The first kappa shape index (κ1) is 13.1. The van der Waals surface area contributed by atoms with E-state index < -0.39 is 0 Å². The molecule has 0 amide bonds. The van der Waals surface area contributed by atoms with Crippen molar-refractivity contribution in [1.82, 2.24) is 4.98 Å². The molecule has 0 radical (unpaired) electrons. The minimum absolute atomic E-state index is 0.465. The standard InChI is InChI=1S/C15H15ClN2O2/c16-15-12(5-2-7-17-15)18-10-11-4-1-6-13-14(11)20-9-3-8-19-13/h1-2,4-7,18H,3,8-10H2. The molecule has 1 aromatic carbocycles. The van der Waals surface area contributed by atoms with Crippen LogP contribution in [-0.2, 0) is 6.54 Å². The summed E-state index contributed by atoms with van der Waals surface area (Å²) in [6, 6.07) is 9.66. The molecule has 1 aliphatic heterocycles. The van der Waals surface area contributed by atoms with E-state index in [1.807, 2.05) is 30.3 Å². The fourth-order valence-electron chi connectivity index (χ4n) is 2.10. The summed E-state index contributed by atoms with van der Waals surface area (Å²) in [7, 11) is 0. The number of rotatable bonds is 3. The van der Waals surface area contributed by atoms with Gasteiger partial charge in [0.1, 0.15) is 0 Å². The van der Waals surface area contributed by atoms with Crippen LogP contribution in [0.4, 0.5) is 5.69 Å². The molecule has 5 heteroatoms. The Labute approximate surface area is 122 Å². The monoisotopic (exact) mass is 290 g/mol. The lowest BCUT2D eigenvalue weighted by atomic mass is 10.2. The normalized spacial score (nSPS) is 13.7. The van der Waals surface area contributed by atoms with Gasteiger partial charge in [0.25, 0.3) is 0 Å². The van der Waals surface area contributed by atoms with Crippen molar-refractivity contribution in [1.29, 1.82) is 0 Å². The fraction of sp³-hybridized carbons (Fsp3) is 0.267. The predicted molar refractivity (Wildman–Crippen MR) is 78.6 cm³/mol. The molecule has 0 saturated carbocycles. The molecule has 0 aliphatic carbocycles. The third-order valence-electron chi connectivity index (χ3n) is 3.08. The molecule has 1 N–H and O–H groups in total. The highest BCUT2D eigenvalue weighted by molar-refractivity contribution is 6.31. The van der Waals surface area contributed by atoms with Crippen molar-refractivity contribution >= 4 is 17.3 Å². The number of nitrogens with zero attached hydrogens (tertiary/aromatic N) is 1. The molecule has 0 saturated heterocycles. The van der Waals surface area contributed by atoms with Crippen LogP contribution in [-0.4, -0.2) is 18.2 Å². The third-order valence-corrected chi connectivity index (χ3v) is 3.38. The van der Waals surface area contributed by atoms with Gasteiger partial charge in [0.2, 0.25) is 0 Å². The fourth-order valence-corrected chi connectivity index (χ4v) is 2.29. The second kappa shape index (κ2) is 6.01. The number of fused-ring (bicyclic) bond motifs is 1. The first-order chi connectivity index (χ1) is 9.84. The molecule has 0 spiro atoms. The number of hydrogen-bond acceptors (Lipinski definition) is 4. The van der Waals surface area contributed by atoms with Crippen molar-refractivity contribution in [3.63, 3.8) is 0 Å². The van der Waals surface area contributed by atoms with E-state index in [1.54, 1.807) is 6.20 Å². The Morgan fingerprint density at radius 3 is 2.95 bits per heavy atom. The van der Waals surface area contributed by atoms with E-state index in [0.717, 1.165) is 29.2 Å². The van der Waals surface area contributed by atoms with Crippen molar-refractivity contribution in [2.45, 2.75) is 13.0 Å². The topological polar surface area (TPSA) is 43.4 Å². The van der Waals surface area contributed by atoms with Gasteiger partial charge in [0.05, 0.1) is 18.9 Å². The zero-order valence-electron chi connectivity index (χ0n) is 10.9. The lowest BCUT2D eigenvalue weighted by molar-refractivity contribution is 0.296. The molecule has 2 heterocycles.